The number of nitriles is 1. The summed E-state index contributed by atoms with van der Waals surface area (Å²) in [6, 6.07) is 8.79. The third kappa shape index (κ3) is 3.45. The fourth-order valence-electron chi connectivity index (χ4n) is 5.43. The molecule has 9 nitrogen and oxygen atoms in total. The van der Waals surface area contributed by atoms with Crippen molar-refractivity contribution >= 4 is 17.4 Å². The van der Waals surface area contributed by atoms with E-state index in [9.17, 15) is 5.26 Å². The van der Waals surface area contributed by atoms with Gasteiger partial charge in [0.05, 0.1) is 19.4 Å². The molecule has 3 aliphatic rings. The molecule has 0 bridgehead atoms. The van der Waals surface area contributed by atoms with E-state index < -0.39 is 0 Å². The third-order valence-electron chi connectivity index (χ3n) is 7.14. The number of hydrogen-bond acceptors (Lipinski definition) is 8. The molecule has 0 unspecified atom stereocenters. The second kappa shape index (κ2) is 7.71. The Hall–Kier alpha value is -3.25. The molecule has 6 rings (SSSR count). The second-order valence-electron chi connectivity index (χ2n) is 9.50. The van der Waals surface area contributed by atoms with Crippen molar-refractivity contribution in [3.8, 4) is 6.07 Å². The van der Waals surface area contributed by atoms with E-state index in [4.69, 9.17) is 4.74 Å². The molecular formula is C23H26N8O. The van der Waals surface area contributed by atoms with E-state index >= 15 is 0 Å². The van der Waals surface area contributed by atoms with Gasteiger partial charge >= 0.3 is 0 Å². The van der Waals surface area contributed by atoms with Gasteiger partial charge in [-0.1, -0.05) is 12.5 Å². The van der Waals surface area contributed by atoms with Crippen LogP contribution in [0.1, 0.15) is 55.8 Å². The second-order valence-corrected chi connectivity index (χ2v) is 9.50. The first-order valence-corrected chi connectivity index (χ1v) is 11.4. The van der Waals surface area contributed by atoms with Crippen molar-refractivity contribution in [1.82, 2.24) is 24.6 Å². The van der Waals surface area contributed by atoms with Crippen LogP contribution in [0.25, 0.3) is 5.65 Å². The van der Waals surface area contributed by atoms with Gasteiger partial charge in [-0.05, 0) is 44.2 Å². The fourth-order valence-corrected chi connectivity index (χ4v) is 5.43. The molecule has 4 heterocycles. The zero-order chi connectivity index (χ0) is 21.5. The maximum absolute atomic E-state index is 9.50. The quantitative estimate of drug-likeness (QED) is 0.635. The number of aromatic nitrogens is 5. The molecule has 1 saturated heterocycles. The van der Waals surface area contributed by atoms with Crippen molar-refractivity contribution in [3.05, 3.63) is 42.0 Å². The summed E-state index contributed by atoms with van der Waals surface area (Å²) in [5.74, 6) is 2.56. The van der Waals surface area contributed by atoms with Crippen LogP contribution in [-0.2, 0) is 4.74 Å². The van der Waals surface area contributed by atoms with Gasteiger partial charge in [0, 0.05) is 29.6 Å². The van der Waals surface area contributed by atoms with E-state index in [0.717, 1.165) is 63.2 Å². The lowest BCUT2D eigenvalue weighted by molar-refractivity contribution is -0.159. The minimum Gasteiger partial charge on any atom is -0.380 e. The number of ether oxygens (including phenoxy) is 1. The largest absolute Gasteiger partial charge is 0.380 e. The topological polar surface area (TPSA) is 113 Å². The highest BCUT2D eigenvalue weighted by Crippen LogP contribution is 2.48. The summed E-state index contributed by atoms with van der Waals surface area (Å²) in [5, 5.41) is 25.3. The predicted octanol–water partition coefficient (Wildman–Crippen LogP) is 3.12. The molecule has 164 valence electrons. The predicted molar refractivity (Wildman–Crippen MR) is 118 cm³/mol. The molecule has 2 N–H and O–H groups in total. The van der Waals surface area contributed by atoms with Crippen molar-refractivity contribution in [2.75, 3.05) is 23.8 Å². The maximum atomic E-state index is 9.50. The minimum atomic E-state index is 0.254. The van der Waals surface area contributed by atoms with Gasteiger partial charge in [-0.25, -0.2) is 4.98 Å². The fraction of sp³-hybridized carbons (Fsp3) is 0.522. The average molecular weight is 431 g/mol. The Balaban J connectivity index is 1.15. The first-order chi connectivity index (χ1) is 15.7. The van der Waals surface area contributed by atoms with Crippen LogP contribution < -0.4 is 10.6 Å². The van der Waals surface area contributed by atoms with Crippen LogP contribution in [0, 0.1) is 16.7 Å². The van der Waals surface area contributed by atoms with Gasteiger partial charge in [0.2, 0.25) is 5.95 Å². The lowest BCUT2D eigenvalue weighted by atomic mass is 9.64. The maximum Gasteiger partial charge on any atom is 0.224 e. The van der Waals surface area contributed by atoms with Crippen molar-refractivity contribution in [1.29, 1.82) is 5.26 Å². The number of anilines is 2. The summed E-state index contributed by atoms with van der Waals surface area (Å²) in [6.45, 7) is 1.72. The molecule has 32 heavy (non-hydrogen) atoms. The van der Waals surface area contributed by atoms with Gasteiger partial charge in [0.1, 0.15) is 23.3 Å². The van der Waals surface area contributed by atoms with Crippen LogP contribution in [-0.4, -0.2) is 49.9 Å². The summed E-state index contributed by atoms with van der Waals surface area (Å²) in [6.07, 6.45) is 10.0. The Morgan fingerprint density at radius 2 is 2.03 bits per heavy atom. The van der Waals surface area contributed by atoms with Crippen LogP contribution in [0.2, 0.25) is 0 Å². The van der Waals surface area contributed by atoms with Crippen molar-refractivity contribution < 1.29 is 4.74 Å². The number of rotatable bonds is 5. The Morgan fingerprint density at radius 1 is 1.12 bits per heavy atom. The summed E-state index contributed by atoms with van der Waals surface area (Å²) in [4.78, 5) is 9.08. The lowest BCUT2D eigenvalue weighted by Gasteiger charge is -2.53. The van der Waals surface area contributed by atoms with E-state index in [1.807, 2.05) is 24.4 Å². The average Bonchev–Trinajstić information content (AvgIpc) is 3.19. The molecule has 0 radical (unpaired) electrons. The summed E-state index contributed by atoms with van der Waals surface area (Å²) < 4.78 is 7.45. The third-order valence-corrected chi connectivity index (χ3v) is 7.14. The van der Waals surface area contributed by atoms with Crippen LogP contribution in [0.5, 0.6) is 0 Å². The zero-order valence-electron chi connectivity index (χ0n) is 17.9. The smallest absolute Gasteiger partial charge is 0.224 e. The molecule has 2 saturated carbocycles. The summed E-state index contributed by atoms with van der Waals surface area (Å²) in [5.41, 5.74) is 1.73. The normalized spacial score (nSPS) is 24.5. The highest BCUT2D eigenvalue weighted by molar-refractivity contribution is 5.54. The molecule has 3 aromatic rings. The number of hydrogen-bond donors (Lipinski definition) is 2. The molecule has 1 spiro atoms. The molecule has 3 aromatic heterocycles. The van der Waals surface area contributed by atoms with Gasteiger partial charge in [-0.2, -0.15) is 10.2 Å². The van der Waals surface area contributed by atoms with Crippen LogP contribution >= 0.6 is 0 Å². The van der Waals surface area contributed by atoms with Crippen LogP contribution in [0.4, 0.5) is 11.8 Å². The van der Waals surface area contributed by atoms with Gasteiger partial charge < -0.3 is 15.4 Å². The van der Waals surface area contributed by atoms with Gasteiger partial charge in [-0.15, -0.1) is 10.2 Å². The highest BCUT2D eigenvalue weighted by atomic mass is 16.5. The van der Waals surface area contributed by atoms with Crippen molar-refractivity contribution in [3.63, 3.8) is 0 Å². The van der Waals surface area contributed by atoms with Gasteiger partial charge in [0.25, 0.3) is 0 Å². The van der Waals surface area contributed by atoms with E-state index in [1.165, 1.54) is 0 Å². The molecule has 9 heteroatoms. The Kier molecular flexibility index (Phi) is 4.68. The molecule has 2 atom stereocenters. The first-order valence-electron chi connectivity index (χ1n) is 11.4. The molecular weight excluding hydrogens is 404 g/mol. The molecule has 1 aliphatic heterocycles. The summed E-state index contributed by atoms with van der Waals surface area (Å²) in [7, 11) is 0. The Morgan fingerprint density at radius 3 is 2.84 bits per heavy atom. The van der Waals surface area contributed by atoms with Gasteiger partial charge in [-0.3, -0.25) is 4.40 Å². The SMILES string of the molecule is N#Cc1cnc(N[C@@H]2CCC[C@H](c3nnc4ccccn34)C2)nc1NC1CC2(COC2)C1. The standard InChI is InChI=1S/C23H26N8O/c24-11-16-12-25-22(28-20(16)26-18-9-23(10-18)13-32-14-23)27-17-5-3-4-15(8-17)21-30-29-19-6-1-2-7-31(19)21/h1-2,6-7,12,15,17-18H,3-5,8-10,13-14H2,(H2,25,26,27,28)/t15-,17+/m0/s1. The van der Waals surface area contributed by atoms with Crippen LogP contribution in [0.15, 0.2) is 30.6 Å². The number of fused-ring (bicyclic) bond motifs is 1. The molecule has 3 fully saturated rings. The molecule has 0 amide bonds. The van der Waals surface area contributed by atoms with Crippen molar-refractivity contribution in [2.45, 2.75) is 56.5 Å². The van der Waals surface area contributed by atoms with E-state index in [0.29, 0.717) is 34.7 Å². The van der Waals surface area contributed by atoms with E-state index in [-0.39, 0.29) is 6.04 Å². The monoisotopic (exact) mass is 430 g/mol. The number of nitrogens with one attached hydrogen (secondary N) is 2. The van der Waals surface area contributed by atoms with E-state index in [1.54, 1.807) is 6.20 Å². The molecule has 2 aliphatic carbocycles. The summed E-state index contributed by atoms with van der Waals surface area (Å²) >= 11 is 0. The van der Waals surface area contributed by atoms with E-state index in [2.05, 4.69) is 41.3 Å². The first kappa shape index (κ1) is 19.4. The number of pyridine rings is 1. The highest BCUT2D eigenvalue weighted by Gasteiger charge is 2.50. The minimum absolute atomic E-state index is 0.254. The van der Waals surface area contributed by atoms with Gasteiger partial charge in [0.15, 0.2) is 5.65 Å². The zero-order valence-corrected chi connectivity index (χ0v) is 17.9. The van der Waals surface area contributed by atoms with Crippen molar-refractivity contribution in [2.24, 2.45) is 5.41 Å². The Bertz CT molecular complexity index is 1170. The lowest BCUT2D eigenvalue weighted by Crippen LogP contribution is -2.56. The van der Waals surface area contributed by atoms with Crippen LogP contribution in [0.3, 0.4) is 0 Å². The number of nitrogens with zero attached hydrogens (tertiary/aromatic N) is 6. The molecule has 0 aromatic carbocycles. The Labute approximate surface area is 186 Å².